The number of hydrogen-bond donors (Lipinski definition) is 0. The number of carbonyl (C=O) groups excluding carboxylic acids is 1. The monoisotopic (exact) mass is 171 g/mol. The lowest BCUT2D eigenvalue weighted by molar-refractivity contribution is -0.123. The highest BCUT2D eigenvalue weighted by Crippen LogP contribution is 2.03. The normalized spacial score (nSPS) is 13.4. The SMILES string of the molecule is CCCN(C)CC(=O)C(C)CC. The van der Waals surface area contributed by atoms with Crippen LogP contribution in [-0.2, 0) is 4.79 Å². The van der Waals surface area contributed by atoms with Gasteiger partial charge in [0.2, 0.25) is 0 Å². The molecule has 0 N–H and O–H groups in total. The van der Waals surface area contributed by atoms with Crippen LogP contribution in [0.1, 0.15) is 33.6 Å². The molecule has 0 saturated heterocycles. The van der Waals surface area contributed by atoms with Gasteiger partial charge >= 0.3 is 0 Å². The molecule has 0 aliphatic rings. The molecule has 0 aromatic heterocycles. The van der Waals surface area contributed by atoms with Gasteiger partial charge in [-0.1, -0.05) is 20.8 Å². The molecule has 0 fully saturated rings. The molecular weight excluding hydrogens is 150 g/mol. The van der Waals surface area contributed by atoms with Crippen molar-refractivity contribution in [1.82, 2.24) is 4.90 Å². The van der Waals surface area contributed by atoms with Crippen LogP contribution in [-0.4, -0.2) is 30.8 Å². The molecule has 0 saturated carbocycles. The Hall–Kier alpha value is -0.370. The molecule has 0 bridgehead atoms. The molecule has 2 nitrogen and oxygen atoms in total. The predicted molar refractivity (Wildman–Crippen MR) is 52.3 cm³/mol. The highest BCUT2D eigenvalue weighted by Gasteiger charge is 2.11. The molecule has 2 heteroatoms. The second-order valence-electron chi connectivity index (χ2n) is 3.51. The highest BCUT2D eigenvalue weighted by molar-refractivity contribution is 5.82. The van der Waals surface area contributed by atoms with Crippen LogP contribution in [0.5, 0.6) is 0 Å². The van der Waals surface area contributed by atoms with Crippen molar-refractivity contribution < 1.29 is 4.79 Å². The van der Waals surface area contributed by atoms with Gasteiger partial charge in [-0.05, 0) is 26.4 Å². The lowest BCUT2D eigenvalue weighted by Gasteiger charge is -2.16. The van der Waals surface area contributed by atoms with E-state index in [0.717, 1.165) is 19.4 Å². The number of carbonyl (C=O) groups is 1. The van der Waals surface area contributed by atoms with Crippen LogP contribution in [0.4, 0.5) is 0 Å². The molecular formula is C10H21NO. The zero-order valence-corrected chi connectivity index (χ0v) is 8.76. The first-order chi connectivity index (χ1) is 5.61. The summed E-state index contributed by atoms with van der Waals surface area (Å²) in [7, 11) is 2.00. The van der Waals surface area contributed by atoms with Gasteiger partial charge in [-0.2, -0.15) is 0 Å². The van der Waals surface area contributed by atoms with Crippen LogP contribution >= 0.6 is 0 Å². The van der Waals surface area contributed by atoms with Gasteiger partial charge in [-0.25, -0.2) is 0 Å². The van der Waals surface area contributed by atoms with E-state index in [-0.39, 0.29) is 5.92 Å². The zero-order chi connectivity index (χ0) is 9.56. The van der Waals surface area contributed by atoms with E-state index in [2.05, 4.69) is 18.7 Å². The zero-order valence-electron chi connectivity index (χ0n) is 8.76. The maximum Gasteiger partial charge on any atom is 0.149 e. The number of hydrogen-bond acceptors (Lipinski definition) is 2. The van der Waals surface area contributed by atoms with E-state index in [4.69, 9.17) is 0 Å². The Morgan fingerprint density at radius 2 is 2.00 bits per heavy atom. The number of nitrogens with zero attached hydrogens (tertiary/aromatic N) is 1. The van der Waals surface area contributed by atoms with Crippen molar-refractivity contribution in [3.05, 3.63) is 0 Å². The minimum atomic E-state index is 0.226. The first-order valence-electron chi connectivity index (χ1n) is 4.83. The number of likely N-dealkylation sites (N-methyl/N-ethyl adjacent to an activating group) is 1. The second kappa shape index (κ2) is 6.18. The van der Waals surface area contributed by atoms with Crippen LogP contribution in [0.3, 0.4) is 0 Å². The molecule has 72 valence electrons. The second-order valence-corrected chi connectivity index (χ2v) is 3.51. The minimum absolute atomic E-state index is 0.226. The highest BCUT2D eigenvalue weighted by atomic mass is 16.1. The summed E-state index contributed by atoms with van der Waals surface area (Å²) in [6.45, 7) is 7.82. The van der Waals surface area contributed by atoms with Gasteiger partial charge in [-0.15, -0.1) is 0 Å². The van der Waals surface area contributed by atoms with E-state index in [1.807, 2.05) is 14.0 Å². The van der Waals surface area contributed by atoms with Gasteiger partial charge in [0.1, 0.15) is 5.78 Å². The molecule has 0 aromatic rings. The van der Waals surface area contributed by atoms with Crippen LogP contribution in [0.15, 0.2) is 0 Å². The third-order valence-corrected chi connectivity index (χ3v) is 2.19. The van der Waals surface area contributed by atoms with Crippen molar-refractivity contribution in [3.8, 4) is 0 Å². The smallest absolute Gasteiger partial charge is 0.149 e. The van der Waals surface area contributed by atoms with Crippen molar-refractivity contribution in [2.75, 3.05) is 20.1 Å². The third kappa shape index (κ3) is 4.50. The molecule has 0 amide bonds. The summed E-state index contributed by atoms with van der Waals surface area (Å²) in [5.41, 5.74) is 0. The predicted octanol–water partition coefficient (Wildman–Crippen LogP) is 1.94. The van der Waals surface area contributed by atoms with E-state index in [1.54, 1.807) is 0 Å². The molecule has 1 unspecified atom stereocenters. The van der Waals surface area contributed by atoms with Crippen LogP contribution in [0.2, 0.25) is 0 Å². The van der Waals surface area contributed by atoms with E-state index < -0.39 is 0 Å². The first kappa shape index (κ1) is 11.6. The molecule has 1 atom stereocenters. The summed E-state index contributed by atoms with van der Waals surface area (Å²) in [5, 5.41) is 0. The largest absolute Gasteiger partial charge is 0.299 e. The van der Waals surface area contributed by atoms with Gasteiger partial charge in [0.05, 0.1) is 6.54 Å². The fourth-order valence-corrected chi connectivity index (χ4v) is 1.11. The van der Waals surface area contributed by atoms with Gasteiger partial charge in [0.15, 0.2) is 0 Å². The number of rotatable bonds is 6. The number of ketones is 1. The van der Waals surface area contributed by atoms with Gasteiger partial charge in [0.25, 0.3) is 0 Å². The van der Waals surface area contributed by atoms with Gasteiger partial charge < -0.3 is 0 Å². The summed E-state index contributed by atoms with van der Waals surface area (Å²) in [4.78, 5) is 13.5. The summed E-state index contributed by atoms with van der Waals surface area (Å²) < 4.78 is 0. The summed E-state index contributed by atoms with van der Waals surface area (Å²) in [6.07, 6.45) is 2.07. The number of Topliss-reactive ketones (excluding diaryl/α,β-unsaturated/α-hetero) is 1. The standard InChI is InChI=1S/C10H21NO/c1-5-7-11(4)8-10(12)9(3)6-2/h9H,5-8H2,1-4H3. The van der Waals surface area contributed by atoms with Gasteiger partial charge in [-0.3, -0.25) is 9.69 Å². The Labute approximate surface area is 75.9 Å². The third-order valence-electron chi connectivity index (χ3n) is 2.19. The topological polar surface area (TPSA) is 20.3 Å². The van der Waals surface area contributed by atoms with E-state index in [1.165, 1.54) is 0 Å². The van der Waals surface area contributed by atoms with Crippen LogP contribution in [0, 0.1) is 5.92 Å². The molecule has 0 rings (SSSR count). The Morgan fingerprint density at radius 1 is 1.42 bits per heavy atom. The fourth-order valence-electron chi connectivity index (χ4n) is 1.11. The van der Waals surface area contributed by atoms with E-state index >= 15 is 0 Å². The maximum absolute atomic E-state index is 11.4. The maximum atomic E-state index is 11.4. The Morgan fingerprint density at radius 3 is 2.42 bits per heavy atom. The van der Waals surface area contributed by atoms with Crippen LogP contribution < -0.4 is 0 Å². The Kier molecular flexibility index (Phi) is 5.99. The molecule has 0 radical (unpaired) electrons. The Bertz CT molecular complexity index is 134. The lowest BCUT2D eigenvalue weighted by Crippen LogP contribution is -2.29. The molecule has 0 spiro atoms. The summed E-state index contributed by atoms with van der Waals surface area (Å²) in [5.74, 6) is 0.595. The van der Waals surface area contributed by atoms with Crippen molar-refractivity contribution in [1.29, 1.82) is 0 Å². The van der Waals surface area contributed by atoms with E-state index in [0.29, 0.717) is 12.3 Å². The average Bonchev–Trinajstić information content (AvgIpc) is 2.03. The molecule has 0 aromatic carbocycles. The first-order valence-corrected chi connectivity index (χ1v) is 4.83. The van der Waals surface area contributed by atoms with Gasteiger partial charge in [0, 0.05) is 5.92 Å². The molecule has 0 aliphatic heterocycles. The summed E-state index contributed by atoms with van der Waals surface area (Å²) in [6, 6.07) is 0. The quantitative estimate of drug-likeness (QED) is 0.608. The van der Waals surface area contributed by atoms with Crippen molar-refractivity contribution in [2.45, 2.75) is 33.6 Å². The van der Waals surface area contributed by atoms with Crippen molar-refractivity contribution in [3.63, 3.8) is 0 Å². The Balaban J connectivity index is 3.67. The molecule has 12 heavy (non-hydrogen) atoms. The van der Waals surface area contributed by atoms with E-state index in [9.17, 15) is 4.79 Å². The minimum Gasteiger partial charge on any atom is -0.299 e. The molecule has 0 aliphatic carbocycles. The van der Waals surface area contributed by atoms with Crippen molar-refractivity contribution in [2.24, 2.45) is 5.92 Å². The fraction of sp³-hybridized carbons (Fsp3) is 0.900. The molecule has 0 heterocycles. The average molecular weight is 171 g/mol. The van der Waals surface area contributed by atoms with Crippen LogP contribution in [0.25, 0.3) is 0 Å². The summed E-state index contributed by atoms with van der Waals surface area (Å²) >= 11 is 0. The van der Waals surface area contributed by atoms with Crippen molar-refractivity contribution >= 4 is 5.78 Å². The lowest BCUT2D eigenvalue weighted by atomic mass is 10.0.